The summed E-state index contributed by atoms with van der Waals surface area (Å²) in [6.07, 6.45) is 2.18. The number of benzene rings is 2. The van der Waals surface area contributed by atoms with Gasteiger partial charge in [-0.3, -0.25) is 4.79 Å². The fourth-order valence-electron chi connectivity index (χ4n) is 3.02. The Bertz CT molecular complexity index is 821. The molecule has 3 nitrogen and oxygen atoms in total. The van der Waals surface area contributed by atoms with Crippen molar-refractivity contribution < 1.29 is 18.0 Å². The Morgan fingerprint density at radius 3 is 2.40 bits per heavy atom. The minimum absolute atomic E-state index is 0.0326. The average Bonchev–Trinajstić information content (AvgIpc) is 2.59. The van der Waals surface area contributed by atoms with Crippen molar-refractivity contribution in [3.63, 3.8) is 0 Å². The summed E-state index contributed by atoms with van der Waals surface area (Å²) in [5, 5.41) is 2.77. The molecule has 1 amide bonds. The molecule has 0 fully saturated rings. The highest BCUT2D eigenvalue weighted by atomic mass is 19.2. The monoisotopic (exact) mass is 346 g/mol. The van der Waals surface area contributed by atoms with Gasteiger partial charge in [-0.25, -0.2) is 13.2 Å². The molecule has 1 aliphatic carbocycles. The van der Waals surface area contributed by atoms with E-state index in [1.807, 2.05) is 6.07 Å². The van der Waals surface area contributed by atoms with Crippen LogP contribution < -0.4 is 11.1 Å². The predicted molar refractivity (Wildman–Crippen MR) is 89.4 cm³/mol. The maximum Gasteiger partial charge on any atom is 0.251 e. The molecule has 0 aliphatic heterocycles. The molecule has 0 saturated carbocycles. The molecule has 0 aromatic heterocycles. The Morgan fingerprint density at radius 2 is 1.72 bits per heavy atom. The topological polar surface area (TPSA) is 55.1 Å². The lowest BCUT2D eigenvalue weighted by molar-refractivity contribution is -0.113. The van der Waals surface area contributed by atoms with E-state index in [1.54, 1.807) is 30.3 Å². The summed E-state index contributed by atoms with van der Waals surface area (Å²) in [4.78, 5) is 12.3. The van der Waals surface area contributed by atoms with Gasteiger partial charge in [0.15, 0.2) is 11.6 Å². The maximum absolute atomic E-state index is 14.0. The van der Waals surface area contributed by atoms with Gasteiger partial charge in [0, 0.05) is 29.3 Å². The first-order valence-electron chi connectivity index (χ1n) is 7.91. The zero-order chi connectivity index (χ0) is 18.0. The molecule has 2 aromatic rings. The fraction of sp³-hybridized carbons (Fsp3) is 0.211. The third kappa shape index (κ3) is 3.74. The molecular weight excluding hydrogens is 329 g/mol. The Kier molecular flexibility index (Phi) is 4.90. The van der Waals surface area contributed by atoms with Crippen LogP contribution in [0.25, 0.3) is 0 Å². The van der Waals surface area contributed by atoms with Crippen molar-refractivity contribution in [3.05, 3.63) is 77.1 Å². The number of amides is 1. The number of nitrogens with one attached hydrogen (secondary N) is 1. The SMILES string of the molecule is NC1CC(C(=O)Nc2ccccc2)=CCC1c1cc(F)c(F)cc1F. The van der Waals surface area contributed by atoms with E-state index in [9.17, 15) is 18.0 Å². The number of allylic oxidation sites excluding steroid dienone is 1. The van der Waals surface area contributed by atoms with Crippen LogP contribution in [0.4, 0.5) is 18.9 Å². The van der Waals surface area contributed by atoms with Gasteiger partial charge in [-0.15, -0.1) is 0 Å². The van der Waals surface area contributed by atoms with Crippen molar-refractivity contribution in [2.45, 2.75) is 24.8 Å². The number of para-hydroxylation sites is 1. The van der Waals surface area contributed by atoms with Crippen LogP contribution in [0.15, 0.2) is 54.1 Å². The number of carbonyl (C=O) groups is 1. The predicted octanol–water partition coefficient (Wildman–Crippen LogP) is 3.87. The van der Waals surface area contributed by atoms with Crippen molar-refractivity contribution >= 4 is 11.6 Å². The third-order valence-electron chi connectivity index (χ3n) is 4.35. The number of hydrogen-bond donors (Lipinski definition) is 2. The summed E-state index contributed by atoms with van der Waals surface area (Å²) in [6.45, 7) is 0. The van der Waals surface area contributed by atoms with Crippen molar-refractivity contribution in [3.8, 4) is 0 Å². The molecule has 2 aromatic carbocycles. The van der Waals surface area contributed by atoms with E-state index in [-0.39, 0.29) is 24.3 Å². The summed E-state index contributed by atoms with van der Waals surface area (Å²) >= 11 is 0. The molecule has 3 N–H and O–H groups in total. The molecule has 3 rings (SSSR count). The molecule has 25 heavy (non-hydrogen) atoms. The second-order valence-corrected chi connectivity index (χ2v) is 6.05. The highest BCUT2D eigenvalue weighted by molar-refractivity contribution is 6.03. The largest absolute Gasteiger partial charge is 0.327 e. The van der Waals surface area contributed by atoms with Gasteiger partial charge in [-0.2, -0.15) is 0 Å². The second-order valence-electron chi connectivity index (χ2n) is 6.05. The molecular formula is C19H17F3N2O. The Morgan fingerprint density at radius 1 is 1.04 bits per heavy atom. The Labute approximate surface area is 143 Å². The van der Waals surface area contributed by atoms with Gasteiger partial charge >= 0.3 is 0 Å². The van der Waals surface area contributed by atoms with Crippen LogP contribution in [0.2, 0.25) is 0 Å². The molecule has 6 heteroatoms. The second kappa shape index (κ2) is 7.11. The van der Waals surface area contributed by atoms with Gasteiger partial charge in [0.2, 0.25) is 0 Å². The number of nitrogens with two attached hydrogens (primary N) is 1. The molecule has 1 aliphatic rings. The minimum atomic E-state index is -1.23. The average molecular weight is 346 g/mol. The minimum Gasteiger partial charge on any atom is -0.327 e. The number of halogens is 3. The number of rotatable bonds is 3. The van der Waals surface area contributed by atoms with E-state index >= 15 is 0 Å². The highest BCUT2D eigenvalue weighted by Crippen LogP contribution is 2.34. The number of hydrogen-bond acceptors (Lipinski definition) is 2. The van der Waals surface area contributed by atoms with Gasteiger partial charge in [-0.1, -0.05) is 24.3 Å². The van der Waals surface area contributed by atoms with Crippen LogP contribution in [0.3, 0.4) is 0 Å². The van der Waals surface area contributed by atoms with Crippen molar-refractivity contribution in [1.82, 2.24) is 0 Å². The van der Waals surface area contributed by atoms with Crippen LogP contribution in [0, 0.1) is 17.5 Å². The third-order valence-corrected chi connectivity index (χ3v) is 4.35. The first-order valence-corrected chi connectivity index (χ1v) is 7.91. The lowest BCUT2D eigenvalue weighted by Gasteiger charge is -2.29. The molecule has 0 radical (unpaired) electrons. The van der Waals surface area contributed by atoms with Gasteiger partial charge in [0.1, 0.15) is 5.82 Å². The quantitative estimate of drug-likeness (QED) is 0.829. The fourth-order valence-corrected chi connectivity index (χ4v) is 3.02. The summed E-state index contributed by atoms with van der Waals surface area (Å²) in [6, 6.07) is 9.78. The zero-order valence-corrected chi connectivity index (χ0v) is 13.3. The molecule has 0 saturated heterocycles. The van der Waals surface area contributed by atoms with Crippen LogP contribution in [-0.4, -0.2) is 11.9 Å². The van der Waals surface area contributed by atoms with Gasteiger partial charge < -0.3 is 11.1 Å². The standard InChI is InChI=1S/C19H17F3N2O/c20-15-10-17(22)16(21)9-14(15)13-7-6-11(8-18(13)23)19(25)24-12-4-2-1-3-5-12/h1-6,9-10,13,18H,7-8,23H2,(H,24,25). The van der Waals surface area contributed by atoms with E-state index in [2.05, 4.69) is 5.32 Å². The zero-order valence-electron chi connectivity index (χ0n) is 13.3. The molecule has 0 spiro atoms. The first kappa shape index (κ1) is 17.2. The summed E-state index contributed by atoms with van der Waals surface area (Å²) in [5.74, 6) is -3.96. The van der Waals surface area contributed by atoms with E-state index in [4.69, 9.17) is 5.73 Å². The molecule has 2 atom stereocenters. The number of carbonyl (C=O) groups excluding carboxylic acids is 1. The van der Waals surface area contributed by atoms with E-state index < -0.39 is 29.4 Å². The van der Waals surface area contributed by atoms with Gasteiger partial charge in [0.25, 0.3) is 5.91 Å². The maximum atomic E-state index is 14.0. The van der Waals surface area contributed by atoms with Crippen LogP contribution in [-0.2, 0) is 4.79 Å². The highest BCUT2D eigenvalue weighted by Gasteiger charge is 2.29. The smallest absolute Gasteiger partial charge is 0.251 e. The van der Waals surface area contributed by atoms with Crippen molar-refractivity contribution in [1.29, 1.82) is 0 Å². The molecule has 0 bridgehead atoms. The van der Waals surface area contributed by atoms with Crippen LogP contribution in [0.1, 0.15) is 24.3 Å². The summed E-state index contributed by atoms with van der Waals surface area (Å²) in [5.41, 5.74) is 7.28. The molecule has 130 valence electrons. The lowest BCUT2D eigenvalue weighted by atomic mass is 9.80. The molecule has 2 unspecified atom stereocenters. The van der Waals surface area contributed by atoms with Gasteiger partial charge in [-0.05, 0) is 36.6 Å². The Hall–Kier alpha value is -2.60. The van der Waals surface area contributed by atoms with Gasteiger partial charge in [0.05, 0.1) is 0 Å². The molecule has 0 heterocycles. The van der Waals surface area contributed by atoms with E-state index in [1.165, 1.54) is 0 Å². The number of anilines is 1. The van der Waals surface area contributed by atoms with Crippen molar-refractivity contribution in [2.24, 2.45) is 5.73 Å². The first-order chi connectivity index (χ1) is 12.0. The summed E-state index contributed by atoms with van der Waals surface area (Å²) in [7, 11) is 0. The van der Waals surface area contributed by atoms with E-state index in [0.29, 0.717) is 17.3 Å². The summed E-state index contributed by atoms with van der Waals surface area (Å²) < 4.78 is 40.5. The lowest BCUT2D eigenvalue weighted by Crippen LogP contribution is -2.34. The van der Waals surface area contributed by atoms with Crippen LogP contribution >= 0.6 is 0 Å². The van der Waals surface area contributed by atoms with Crippen LogP contribution in [0.5, 0.6) is 0 Å². The Balaban J connectivity index is 1.76. The van der Waals surface area contributed by atoms with Crippen molar-refractivity contribution in [2.75, 3.05) is 5.32 Å². The normalized spacial score (nSPS) is 20.1. The van der Waals surface area contributed by atoms with E-state index in [0.717, 1.165) is 6.07 Å².